The maximum absolute atomic E-state index is 2.59. The highest BCUT2D eigenvalue weighted by Gasteiger charge is 2.16. The molecule has 0 radical (unpaired) electrons. The molecule has 2 heteroatoms. The molecule has 0 N–H and O–H groups in total. The van der Waals surface area contributed by atoms with Gasteiger partial charge in [0.2, 0.25) is 0 Å². The topological polar surface area (TPSA) is 6.48 Å². The largest absolute Gasteiger partial charge is 0.308 e. The minimum Gasteiger partial charge on any atom is -0.308 e. The lowest BCUT2D eigenvalue weighted by atomic mass is 10.00. The number of rotatable bonds is 9. The van der Waals surface area contributed by atoms with Gasteiger partial charge >= 0.3 is 0 Å². The summed E-state index contributed by atoms with van der Waals surface area (Å²) in [5.74, 6) is 0.698. The smallest absolute Gasteiger partial charge is 0.0323 e. The second-order valence-corrected chi connectivity index (χ2v) is 7.78. The van der Waals surface area contributed by atoms with Crippen LogP contribution in [0, 0.1) is 5.92 Å². The van der Waals surface area contributed by atoms with Crippen LogP contribution in [0.1, 0.15) is 43.5 Å². The van der Waals surface area contributed by atoms with E-state index in [0.29, 0.717) is 12.0 Å². The van der Waals surface area contributed by atoms with Crippen LogP contribution in [0.25, 0.3) is 0 Å². The minimum atomic E-state index is 0.412. The molecule has 25 heavy (non-hydrogen) atoms. The van der Waals surface area contributed by atoms with Crippen molar-refractivity contribution < 1.29 is 0 Å². The molecule has 0 bridgehead atoms. The molecular formula is C23H34N2. The molecular weight excluding hydrogens is 304 g/mol. The average molecular weight is 339 g/mol. The standard InChI is InChI=1S/C23H34N2/c1-19(2)16-21-10-9-11-22(17-21)18-25(15-14-24(4)5)20(3)23-12-7-6-8-13-23/h6-13,17,19-20H,14-16,18H2,1-5H3/t20-/m1/s1. The lowest BCUT2D eigenvalue weighted by Crippen LogP contribution is -2.33. The zero-order valence-corrected chi connectivity index (χ0v) is 16.6. The van der Waals surface area contributed by atoms with Gasteiger partial charge in [-0.2, -0.15) is 0 Å². The summed E-state index contributed by atoms with van der Waals surface area (Å²) in [7, 11) is 4.29. The maximum atomic E-state index is 2.59. The second kappa shape index (κ2) is 9.74. The Kier molecular flexibility index (Phi) is 7.67. The summed E-state index contributed by atoms with van der Waals surface area (Å²) in [5.41, 5.74) is 4.26. The van der Waals surface area contributed by atoms with Crippen molar-refractivity contribution in [1.29, 1.82) is 0 Å². The predicted molar refractivity (Wildman–Crippen MR) is 109 cm³/mol. The predicted octanol–water partition coefficient (Wildman–Crippen LogP) is 5.01. The fourth-order valence-electron chi connectivity index (χ4n) is 3.24. The SMILES string of the molecule is CC(C)Cc1cccc(CN(CCN(C)C)[C@H](C)c2ccccc2)c1. The van der Waals surface area contributed by atoms with Crippen LogP contribution in [0.5, 0.6) is 0 Å². The van der Waals surface area contributed by atoms with Gasteiger partial charge in [-0.1, -0.05) is 68.4 Å². The van der Waals surface area contributed by atoms with Gasteiger partial charge in [-0.15, -0.1) is 0 Å². The number of likely N-dealkylation sites (N-methyl/N-ethyl adjacent to an activating group) is 1. The van der Waals surface area contributed by atoms with Gasteiger partial charge in [0.05, 0.1) is 0 Å². The van der Waals surface area contributed by atoms with Crippen molar-refractivity contribution in [2.75, 3.05) is 27.2 Å². The summed E-state index contributed by atoms with van der Waals surface area (Å²) >= 11 is 0. The molecule has 0 unspecified atom stereocenters. The molecule has 0 heterocycles. The van der Waals surface area contributed by atoms with Gasteiger partial charge in [0.1, 0.15) is 0 Å². The summed E-state index contributed by atoms with van der Waals surface area (Å²) in [6, 6.07) is 20.4. The van der Waals surface area contributed by atoms with Crippen LogP contribution < -0.4 is 0 Å². The molecule has 2 nitrogen and oxygen atoms in total. The van der Waals surface area contributed by atoms with Gasteiger partial charge in [0, 0.05) is 25.7 Å². The van der Waals surface area contributed by atoms with Gasteiger partial charge in [-0.05, 0) is 50.0 Å². The summed E-state index contributed by atoms with van der Waals surface area (Å²) in [6.45, 7) is 10.0. The van der Waals surface area contributed by atoms with Gasteiger partial charge < -0.3 is 4.90 Å². The molecule has 0 spiro atoms. The average Bonchev–Trinajstić information content (AvgIpc) is 2.58. The second-order valence-electron chi connectivity index (χ2n) is 7.78. The highest BCUT2D eigenvalue weighted by molar-refractivity contribution is 5.25. The summed E-state index contributed by atoms with van der Waals surface area (Å²) < 4.78 is 0. The van der Waals surface area contributed by atoms with Crippen molar-refractivity contribution in [2.24, 2.45) is 5.92 Å². The maximum Gasteiger partial charge on any atom is 0.0323 e. The van der Waals surface area contributed by atoms with E-state index in [0.717, 1.165) is 26.1 Å². The van der Waals surface area contributed by atoms with Crippen molar-refractivity contribution in [3.63, 3.8) is 0 Å². The Hall–Kier alpha value is -1.64. The van der Waals surface area contributed by atoms with Gasteiger partial charge in [-0.3, -0.25) is 4.90 Å². The van der Waals surface area contributed by atoms with E-state index in [-0.39, 0.29) is 0 Å². The molecule has 0 aliphatic rings. The van der Waals surface area contributed by atoms with E-state index in [1.807, 2.05) is 0 Å². The number of benzene rings is 2. The van der Waals surface area contributed by atoms with Crippen LogP contribution in [0.2, 0.25) is 0 Å². The summed E-state index contributed by atoms with van der Waals surface area (Å²) in [6.07, 6.45) is 1.15. The Labute approximate surface area is 154 Å². The number of nitrogens with zero attached hydrogens (tertiary/aromatic N) is 2. The lowest BCUT2D eigenvalue weighted by molar-refractivity contribution is 0.181. The minimum absolute atomic E-state index is 0.412. The van der Waals surface area contributed by atoms with E-state index in [1.54, 1.807) is 0 Å². The van der Waals surface area contributed by atoms with E-state index in [4.69, 9.17) is 0 Å². The first-order chi connectivity index (χ1) is 12.0. The van der Waals surface area contributed by atoms with E-state index in [2.05, 4.69) is 99.3 Å². The Balaban J connectivity index is 2.15. The van der Waals surface area contributed by atoms with Crippen LogP contribution in [-0.2, 0) is 13.0 Å². The number of hydrogen-bond acceptors (Lipinski definition) is 2. The normalized spacial score (nSPS) is 13.0. The molecule has 0 aromatic heterocycles. The summed E-state index contributed by atoms with van der Waals surface area (Å²) in [4.78, 5) is 4.85. The third-order valence-electron chi connectivity index (χ3n) is 4.69. The molecule has 136 valence electrons. The first-order valence-corrected chi connectivity index (χ1v) is 9.47. The Morgan fingerprint density at radius 3 is 2.12 bits per heavy atom. The molecule has 0 amide bonds. The van der Waals surface area contributed by atoms with Crippen LogP contribution in [-0.4, -0.2) is 37.0 Å². The van der Waals surface area contributed by atoms with Crippen LogP contribution in [0.4, 0.5) is 0 Å². The van der Waals surface area contributed by atoms with Crippen molar-refractivity contribution in [3.8, 4) is 0 Å². The molecule has 1 atom stereocenters. The fourth-order valence-corrected chi connectivity index (χ4v) is 3.24. The molecule has 0 fully saturated rings. The highest BCUT2D eigenvalue weighted by atomic mass is 15.2. The Bertz CT molecular complexity index is 619. The van der Waals surface area contributed by atoms with E-state index in [1.165, 1.54) is 16.7 Å². The zero-order chi connectivity index (χ0) is 18.2. The van der Waals surface area contributed by atoms with Gasteiger partial charge in [0.25, 0.3) is 0 Å². The van der Waals surface area contributed by atoms with Crippen LogP contribution >= 0.6 is 0 Å². The Morgan fingerprint density at radius 2 is 1.48 bits per heavy atom. The quantitative estimate of drug-likeness (QED) is 0.634. The van der Waals surface area contributed by atoms with E-state index in [9.17, 15) is 0 Å². The van der Waals surface area contributed by atoms with Crippen molar-refractivity contribution in [3.05, 3.63) is 71.3 Å². The first kappa shape index (κ1) is 19.7. The molecule has 0 saturated carbocycles. The van der Waals surface area contributed by atoms with Crippen molar-refractivity contribution >= 4 is 0 Å². The Morgan fingerprint density at radius 1 is 0.800 bits per heavy atom. The zero-order valence-electron chi connectivity index (χ0n) is 16.6. The monoisotopic (exact) mass is 338 g/mol. The lowest BCUT2D eigenvalue weighted by Gasteiger charge is -2.31. The fraction of sp³-hybridized carbons (Fsp3) is 0.478. The van der Waals surface area contributed by atoms with Gasteiger partial charge in [-0.25, -0.2) is 0 Å². The highest BCUT2D eigenvalue weighted by Crippen LogP contribution is 2.22. The van der Waals surface area contributed by atoms with Crippen LogP contribution in [0.15, 0.2) is 54.6 Å². The van der Waals surface area contributed by atoms with E-state index >= 15 is 0 Å². The molecule has 0 aliphatic carbocycles. The third kappa shape index (κ3) is 6.64. The molecule has 2 rings (SSSR count). The molecule has 2 aromatic carbocycles. The molecule has 0 saturated heterocycles. The molecule has 0 aliphatic heterocycles. The number of hydrogen-bond donors (Lipinski definition) is 0. The van der Waals surface area contributed by atoms with Crippen LogP contribution in [0.3, 0.4) is 0 Å². The molecule has 2 aromatic rings. The van der Waals surface area contributed by atoms with E-state index < -0.39 is 0 Å². The third-order valence-corrected chi connectivity index (χ3v) is 4.69. The van der Waals surface area contributed by atoms with Gasteiger partial charge in [0.15, 0.2) is 0 Å². The summed E-state index contributed by atoms with van der Waals surface area (Å²) in [5, 5.41) is 0. The van der Waals surface area contributed by atoms with Crippen molar-refractivity contribution in [1.82, 2.24) is 9.80 Å². The first-order valence-electron chi connectivity index (χ1n) is 9.47. The van der Waals surface area contributed by atoms with Crippen molar-refractivity contribution in [2.45, 2.75) is 39.8 Å².